The second-order valence-corrected chi connectivity index (χ2v) is 7.08. The highest BCUT2D eigenvalue weighted by Crippen LogP contribution is 2.19. The van der Waals surface area contributed by atoms with Crippen LogP contribution in [0.4, 0.5) is 4.39 Å². The fraction of sp³-hybridized carbons (Fsp3) is 0.227. The van der Waals surface area contributed by atoms with E-state index in [2.05, 4.69) is 15.6 Å². The Kier molecular flexibility index (Phi) is 6.46. The van der Waals surface area contributed by atoms with Crippen molar-refractivity contribution >= 4 is 28.6 Å². The number of aromatic nitrogens is 1. The number of para-hydroxylation sites is 1. The average molecular weight is 410 g/mol. The van der Waals surface area contributed by atoms with Gasteiger partial charge in [-0.25, -0.2) is 4.39 Å². The second kappa shape index (κ2) is 9.21. The van der Waals surface area contributed by atoms with Crippen LogP contribution in [0.3, 0.4) is 0 Å². The molecule has 0 unspecified atom stereocenters. The van der Waals surface area contributed by atoms with Crippen LogP contribution in [-0.4, -0.2) is 34.8 Å². The first-order valence-electron chi connectivity index (χ1n) is 9.50. The molecule has 0 radical (unpaired) electrons. The standard InChI is InChI=1S/C22H23FN4O3/c1-13(28)26-20(10-14-6-2-4-8-17(14)23)22(30)27-19(21(24)29)11-15-12-25-18-9-5-3-7-16(15)18/h2-9,12,19-20,25H,10-11H2,1H3,(H2,24,29)(H,26,28)(H,27,30)/t19-,20-/m1/s1. The van der Waals surface area contributed by atoms with Crippen LogP contribution in [0.1, 0.15) is 18.1 Å². The van der Waals surface area contributed by atoms with Gasteiger partial charge in [-0.15, -0.1) is 0 Å². The van der Waals surface area contributed by atoms with Crippen molar-refractivity contribution in [3.8, 4) is 0 Å². The minimum atomic E-state index is -1.05. The molecule has 0 aliphatic heterocycles. The van der Waals surface area contributed by atoms with Crippen molar-refractivity contribution in [2.45, 2.75) is 31.8 Å². The number of nitrogens with two attached hydrogens (primary N) is 1. The number of benzene rings is 2. The molecule has 30 heavy (non-hydrogen) atoms. The maximum absolute atomic E-state index is 14.0. The lowest BCUT2D eigenvalue weighted by Crippen LogP contribution is -2.54. The lowest BCUT2D eigenvalue weighted by Gasteiger charge is -2.22. The molecule has 1 aromatic heterocycles. The van der Waals surface area contributed by atoms with E-state index >= 15 is 0 Å². The first-order chi connectivity index (χ1) is 14.3. The number of carbonyl (C=O) groups is 3. The maximum Gasteiger partial charge on any atom is 0.243 e. The lowest BCUT2D eigenvalue weighted by molar-refractivity contribution is -0.130. The summed E-state index contributed by atoms with van der Waals surface area (Å²) in [5, 5.41) is 6.03. The van der Waals surface area contributed by atoms with E-state index in [0.717, 1.165) is 16.5 Å². The summed E-state index contributed by atoms with van der Waals surface area (Å²) in [6, 6.07) is 11.5. The van der Waals surface area contributed by atoms with Crippen LogP contribution >= 0.6 is 0 Å². The lowest BCUT2D eigenvalue weighted by atomic mass is 10.0. The number of hydrogen-bond donors (Lipinski definition) is 4. The van der Waals surface area contributed by atoms with Crippen molar-refractivity contribution in [1.29, 1.82) is 0 Å². The number of halogens is 1. The molecule has 7 nitrogen and oxygen atoms in total. The second-order valence-electron chi connectivity index (χ2n) is 7.08. The van der Waals surface area contributed by atoms with Crippen LogP contribution in [0.15, 0.2) is 54.7 Å². The number of carbonyl (C=O) groups excluding carboxylic acids is 3. The van der Waals surface area contributed by atoms with Gasteiger partial charge in [0.2, 0.25) is 17.7 Å². The highest BCUT2D eigenvalue weighted by molar-refractivity contribution is 5.92. The number of H-pyrrole nitrogens is 1. The summed E-state index contributed by atoms with van der Waals surface area (Å²) < 4.78 is 14.0. The van der Waals surface area contributed by atoms with Crippen molar-refractivity contribution in [3.05, 3.63) is 71.7 Å². The van der Waals surface area contributed by atoms with Crippen molar-refractivity contribution in [3.63, 3.8) is 0 Å². The van der Waals surface area contributed by atoms with Crippen LogP contribution < -0.4 is 16.4 Å². The molecule has 156 valence electrons. The highest BCUT2D eigenvalue weighted by Gasteiger charge is 2.26. The normalized spacial score (nSPS) is 12.9. The Hall–Kier alpha value is -3.68. The van der Waals surface area contributed by atoms with E-state index in [1.807, 2.05) is 24.3 Å². The largest absolute Gasteiger partial charge is 0.368 e. The molecule has 3 aromatic rings. The molecular weight excluding hydrogens is 387 g/mol. The zero-order chi connectivity index (χ0) is 21.7. The molecule has 0 aliphatic carbocycles. The maximum atomic E-state index is 14.0. The van der Waals surface area contributed by atoms with Gasteiger partial charge in [0.15, 0.2) is 0 Å². The molecule has 3 rings (SSSR count). The Morgan fingerprint density at radius 3 is 2.33 bits per heavy atom. The van der Waals surface area contributed by atoms with Crippen LogP contribution in [0.25, 0.3) is 10.9 Å². The summed E-state index contributed by atoms with van der Waals surface area (Å²) in [6.07, 6.45) is 1.88. The smallest absolute Gasteiger partial charge is 0.243 e. The third-order valence-electron chi connectivity index (χ3n) is 4.83. The average Bonchev–Trinajstić information content (AvgIpc) is 3.11. The van der Waals surface area contributed by atoms with Crippen LogP contribution in [-0.2, 0) is 27.2 Å². The Labute approximate surface area is 172 Å². The van der Waals surface area contributed by atoms with E-state index in [1.165, 1.54) is 25.1 Å². The Morgan fingerprint density at radius 2 is 1.63 bits per heavy atom. The predicted octanol–water partition coefficient (Wildman–Crippen LogP) is 1.57. The van der Waals surface area contributed by atoms with Gasteiger partial charge in [-0.3, -0.25) is 14.4 Å². The first kappa shape index (κ1) is 21.0. The number of fused-ring (bicyclic) bond motifs is 1. The van der Waals surface area contributed by atoms with Crippen LogP contribution in [0.2, 0.25) is 0 Å². The summed E-state index contributed by atoms with van der Waals surface area (Å²) in [4.78, 5) is 39.5. The fourth-order valence-corrected chi connectivity index (χ4v) is 3.35. The van der Waals surface area contributed by atoms with Gasteiger partial charge >= 0.3 is 0 Å². The zero-order valence-electron chi connectivity index (χ0n) is 16.4. The Morgan fingerprint density at radius 1 is 0.967 bits per heavy atom. The third kappa shape index (κ3) is 5.02. The fourth-order valence-electron chi connectivity index (χ4n) is 3.35. The van der Waals surface area contributed by atoms with Gasteiger partial charge in [-0.2, -0.15) is 0 Å². The van der Waals surface area contributed by atoms with Gasteiger partial charge in [0, 0.05) is 36.9 Å². The predicted molar refractivity (Wildman–Crippen MR) is 111 cm³/mol. The van der Waals surface area contributed by atoms with Gasteiger partial charge in [-0.1, -0.05) is 36.4 Å². The molecule has 2 atom stereocenters. The van der Waals surface area contributed by atoms with E-state index in [1.54, 1.807) is 12.3 Å². The topological polar surface area (TPSA) is 117 Å². The Bertz CT molecular complexity index is 1080. The number of amides is 3. The highest BCUT2D eigenvalue weighted by atomic mass is 19.1. The summed E-state index contributed by atoms with van der Waals surface area (Å²) >= 11 is 0. The molecule has 8 heteroatoms. The van der Waals surface area contributed by atoms with Crippen molar-refractivity contribution < 1.29 is 18.8 Å². The van der Waals surface area contributed by atoms with E-state index in [0.29, 0.717) is 0 Å². The Balaban J connectivity index is 1.78. The van der Waals surface area contributed by atoms with Crippen molar-refractivity contribution in [2.75, 3.05) is 0 Å². The summed E-state index contributed by atoms with van der Waals surface area (Å²) in [6.45, 7) is 1.26. The molecule has 2 aromatic carbocycles. The van der Waals surface area contributed by atoms with Crippen molar-refractivity contribution in [2.24, 2.45) is 5.73 Å². The van der Waals surface area contributed by atoms with E-state index in [4.69, 9.17) is 5.73 Å². The van der Waals surface area contributed by atoms with Gasteiger partial charge in [-0.05, 0) is 23.3 Å². The molecule has 0 spiro atoms. The summed E-state index contributed by atoms with van der Waals surface area (Å²) in [5.74, 6) is -2.25. The van der Waals surface area contributed by atoms with E-state index in [-0.39, 0.29) is 18.4 Å². The van der Waals surface area contributed by atoms with E-state index < -0.39 is 35.6 Å². The van der Waals surface area contributed by atoms with Gasteiger partial charge < -0.3 is 21.4 Å². The third-order valence-corrected chi connectivity index (χ3v) is 4.83. The van der Waals surface area contributed by atoms with Crippen molar-refractivity contribution in [1.82, 2.24) is 15.6 Å². The minimum absolute atomic E-state index is 0.0589. The number of nitrogens with one attached hydrogen (secondary N) is 3. The number of aromatic amines is 1. The zero-order valence-corrected chi connectivity index (χ0v) is 16.4. The molecule has 0 saturated carbocycles. The van der Waals surface area contributed by atoms with Gasteiger partial charge in [0.05, 0.1) is 0 Å². The molecule has 0 aliphatic rings. The molecular formula is C22H23FN4O3. The van der Waals surface area contributed by atoms with Crippen LogP contribution in [0, 0.1) is 5.82 Å². The molecule has 0 bridgehead atoms. The van der Waals surface area contributed by atoms with Gasteiger partial charge in [0.25, 0.3) is 0 Å². The van der Waals surface area contributed by atoms with Gasteiger partial charge in [0.1, 0.15) is 17.9 Å². The SMILES string of the molecule is CC(=O)N[C@H](Cc1ccccc1F)C(=O)N[C@H](Cc1c[nH]c2ccccc12)C(N)=O. The summed E-state index contributed by atoms with van der Waals surface area (Å²) in [5.41, 5.74) is 7.51. The number of hydrogen-bond acceptors (Lipinski definition) is 3. The summed E-state index contributed by atoms with van der Waals surface area (Å²) in [7, 11) is 0. The first-order valence-corrected chi connectivity index (χ1v) is 9.50. The number of rotatable bonds is 8. The molecule has 5 N–H and O–H groups in total. The quantitative estimate of drug-likeness (QED) is 0.451. The van der Waals surface area contributed by atoms with E-state index in [9.17, 15) is 18.8 Å². The molecule has 0 saturated heterocycles. The van der Waals surface area contributed by atoms with Crippen LogP contribution in [0.5, 0.6) is 0 Å². The molecule has 1 heterocycles. The molecule has 3 amide bonds. The minimum Gasteiger partial charge on any atom is -0.368 e. The molecule has 0 fully saturated rings. The monoisotopic (exact) mass is 410 g/mol. The number of primary amides is 1.